The molecule has 0 spiro atoms. The van der Waals surface area contributed by atoms with Gasteiger partial charge in [0.25, 0.3) is 0 Å². The maximum atomic E-state index is 11.0. The minimum absolute atomic E-state index is 0.662. The minimum atomic E-state index is -4.81. The normalized spacial score (nSPS) is 17.9. The van der Waals surface area contributed by atoms with Crippen molar-refractivity contribution in [2.45, 2.75) is 18.2 Å². The lowest BCUT2D eigenvalue weighted by Gasteiger charge is -2.21. The van der Waals surface area contributed by atoms with Crippen LogP contribution in [0.3, 0.4) is 0 Å². The number of carbonyl (C=O) groups is 1. The van der Waals surface area contributed by atoms with Crippen molar-refractivity contribution in [3.8, 4) is 0 Å². The molecule has 0 aliphatic rings. The second-order valence-corrected chi connectivity index (χ2v) is 4.25. The lowest BCUT2D eigenvalue weighted by molar-refractivity contribution is -0.136. The van der Waals surface area contributed by atoms with Crippen LogP contribution in [0.2, 0.25) is 0 Å². The molecule has 0 heterocycles. The third-order valence-corrected chi connectivity index (χ3v) is 2.14. The zero-order valence-corrected chi connectivity index (χ0v) is 9.03. The molecule has 0 radical (unpaired) electrons. The average Bonchev–Trinajstić information content (AvgIpc) is 2.21. The fourth-order valence-corrected chi connectivity index (χ4v) is 1.06. The standard InChI is InChI=1S/C6H14NO8P/c7-3(1-8)5(10)6(11)4(9)2-15-16(12,13)14/h3,5-6,8,10-11H,1-2,7H2,(H2,12,13,14)/t3-,5+,6-/m0/s1. The second kappa shape index (κ2) is 6.38. The molecular formula is C6H14NO8P. The maximum absolute atomic E-state index is 11.0. The minimum Gasteiger partial charge on any atom is -0.395 e. The van der Waals surface area contributed by atoms with E-state index in [2.05, 4.69) is 4.52 Å². The summed E-state index contributed by atoms with van der Waals surface area (Å²) < 4.78 is 14.0. The molecular weight excluding hydrogens is 245 g/mol. The van der Waals surface area contributed by atoms with Gasteiger partial charge in [-0.1, -0.05) is 0 Å². The zero-order chi connectivity index (χ0) is 12.9. The Morgan fingerprint density at radius 1 is 1.38 bits per heavy atom. The van der Waals surface area contributed by atoms with Crippen molar-refractivity contribution in [3.63, 3.8) is 0 Å². The van der Waals surface area contributed by atoms with Gasteiger partial charge < -0.3 is 30.8 Å². The third kappa shape index (κ3) is 5.64. The van der Waals surface area contributed by atoms with Gasteiger partial charge in [-0.15, -0.1) is 0 Å². The summed E-state index contributed by atoms with van der Waals surface area (Å²) in [7, 11) is -4.81. The predicted octanol–water partition coefficient (Wildman–Crippen LogP) is -3.29. The van der Waals surface area contributed by atoms with Crippen LogP contribution in [0.5, 0.6) is 0 Å². The summed E-state index contributed by atoms with van der Waals surface area (Å²) in [6.45, 7) is -1.73. The zero-order valence-electron chi connectivity index (χ0n) is 8.13. The Balaban J connectivity index is 4.23. The first kappa shape index (κ1) is 15.6. The molecule has 0 aromatic carbocycles. The molecule has 9 nitrogen and oxygen atoms in total. The van der Waals surface area contributed by atoms with Crippen LogP contribution in [0, 0.1) is 0 Å². The van der Waals surface area contributed by atoms with E-state index >= 15 is 0 Å². The number of hydrogen-bond donors (Lipinski definition) is 6. The van der Waals surface area contributed by atoms with Crippen molar-refractivity contribution in [1.29, 1.82) is 0 Å². The van der Waals surface area contributed by atoms with E-state index in [9.17, 15) is 14.5 Å². The molecule has 16 heavy (non-hydrogen) atoms. The molecule has 0 rings (SSSR count). The van der Waals surface area contributed by atoms with Gasteiger partial charge in [0, 0.05) is 0 Å². The first-order valence-electron chi connectivity index (χ1n) is 4.14. The predicted molar refractivity (Wildman–Crippen MR) is 50.1 cm³/mol. The van der Waals surface area contributed by atoms with Gasteiger partial charge in [-0.05, 0) is 0 Å². The average molecular weight is 259 g/mol. The Morgan fingerprint density at radius 3 is 2.25 bits per heavy atom. The van der Waals surface area contributed by atoms with Gasteiger partial charge in [0.15, 0.2) is 5.78 Å². The molecule has 0 aromatic heterocycles. The third-order valence-electron chi connectivity index (χ3n) is 1.68. The molecule has 0 saturated heterocycles. The highest BCUT2D eigenvalue weighted by atomic mass is 31.2. The first-order chi connectivity index (χ1) is 7.19. The van der Waals surface area contributed by atoms with E-state index in [-0.39, 0.29) is 0 Å². The molecule has 0 aliphatic carbocycles. The molecule has 0 bridgehead atoms. The van der Waals surface area contributed by atoms with Gasteiger partial charge in [0.05, 0.1) is 12.6 Å². The molecule has 0 aromatic rings. The number of phosphoric acid groups is 1. The Labute approximate surface area is 90.7 Å². The summed E-state index contributed by atoms with van der Waals surface area (Å²) in [4.78, 5) is 27.6. The number of aliphatic hydroxyl groups is 3. The summed E-state index contributed by atoms with van der Waals surface area (Å²) in [5.41, 5.74) is 5.13. The molecule has 0 amide bonds. The van der Waals surface area contributed by atoms with Crippen LogP contribution in [0.4, 0.5) is 0 Å². The van der Waals surface area contributed by atoms with Crippen molar-refractivity contribution >= 4 is 13.6 Å². The Kier molecular flexibility index (Phi) is 6.23. The van der Waals surface area contributed by atoms with Gasteiger partial charge in [0.1, 0.15) is 18.8 Å². The monoisotopic (exact) mass is 259 g/mol. The molecule has 7 N–H and O–H groups in total. The number of Topliss-reactive ketones (excluding diaryl/α,β-unsaturated/α-hetero) is 1. The summed E-state index contributed by atoms with van der Waals surface area (Å²) in [6.07, 6.45) is -3.72. The van der Waals surface area contributed by atoms with Crippen molar-refractivity contribution in [3.05, 3.63) is 0 Å². The van der Waals surface area contributed by atoms with E-state index in [4.69, 9.17) is 25.7 Å². The molecule has 0 unspecified atom stereocenters. The first-order valence-corrected chi connectivity index (χ1v) is 5.67. The SMILES string of the molecule is N[C@@H](CO)[C@@H](O)[C@@H](O)C(=O)COP(=O)(O)O. The van der Waals surface area contributed by atoms with Crippen LogP contribution in [-0.4, -0.2) is 62.4 Å². The molecule has 3 atom stereocenters. The molecule has 0 fully saturated rings. The van der Waals surface area contributed by atoms with Gasteiger partial charge in [-0.25, -0.2) is 4.57 Å². The van der Waals surface area contributed by atoms with Crippen molar-refractivity contribution in [2.75, 3.05) is 13.2 Å². The van der Waals surface area contributed by atoms with Gasteiger partial charge in [0.2, 0.25) is 0 Å². The van der Waals surface area contributed by atoms with E-state index in [0.29, 0.717) is 0 Å². The van der Waals surface area contributed by atoms with E-state index in [1.54, 1.807) is 0 Å². The summed E-state index contributed by atoms with van der Waals surface area (Å²) in [6, 6.07) is -1.24. The number of phosphoric ester groups is 1. The number of aliphatic hydroxyl groups excluding tert-OH is 3. The van der Waals surface area contributed by atoms with Crippen LogP contribution >= 0.6 is 7.82 Å². The van der Waals surface area contributed by atoms with Crippen molar-refractivity contribution in [2.24, 2.45) is 5.73 Å². The number of carbonyl (C=O) groups excluding carboxylic acids is 1. The molecule has 96 valence electrons. The van der Waals surface area contributed by atoms with Crippen molar-refractivity contribution < 1.29 is 39.0 Å². The summed E-state index contributed by atoms with van der Waals surface area (Å²) in [5, 5.41) is 26.9. The molecule has 10 heteroatoms. The maximum Gasteiger partial charge on any atom is 0.470 e. The highest BCUT2D eigenvalue weighted by Gasteiger charge is 2.30. The van der Waals surface area contributed by atoms with E-state index < -0.39 is 45.1 Å². The van der Waals surface area contributed by atoms with Crippen LogP contribution in [0.15, 0.2) is 0 Å². The Bertz CT molecular complexity index is 278. The molecule has 0 saturated carbocycles. The second-order valence-electron chi connectivity index (χ2n) is 3.01. The lowest BCUT2D eigenvalue weighted by atomic mass is 10.0. The molecule has 0 aliphatic heterocycles. The summed E-state index contributed by atoms with van der Waals surface area (Å²) >= 11 is 0. The van der Waals surface area contributed by atoms with Crippen LogP contribution in [0.25, 0.3) is 0 Å². The number of nitrogens with two attached hydrogens (primary N) is 1. The number of ketones is 1. The van der Waals surface area contributed by atoms with Gasteiger partial charge in [-0.3, -0.25) is 9.32 Å². The van der Waals surface area contributed by atoms with E-state index in [0.717, 1.165) is 0 Å². The van der Waals surface area contributed by atoms with Gasteiger partial charge in [-0.2, -0.15) is 0 Å². The van der Waals surface area contributed by atoms with Crippen LogP contribution in [-0.2, 0) is 13.9 Å². The van der Waals surface area contributed by atoms with Gasteiger partial charge >= 0.3 is 7.82 Å². The Hall–Kier alpha value is -0.380. The fraction of sp³-hybridized carbons (Fsp3) is 0.833. The number of rotatable bonds is 7. The number of hydrogen-bond acceptors (Lipinski definition) is 7. The highest BCUT2D eigenvalue weighted by Crippen LogP contribution is 2.35. The van der Waals surface area contributed by atoms with Crippen LogP contribution < -0.4 is 5.73 Å². The largest absolute Gasteiger partial charge is 0.470 e. The van der Waals surface area contributed by atoms with E-state index in [1.165, 1.54) is 0 Å². The topological polar surface area (TPSA) is 171 Å². The highest BCUT2D eigenvalue weighted by molar-refractivity contribution is 7.46. The quantitative estimate of drug-likeness (QED) is 0.256. The fourth-order valence-electron chi connectivity index (χ4n) is 0.766. The van der Waals surface area contributed by atoms with Crippen LogP contribution in [0.1, 0.15) is 0 Å². The lowest BCUT2D eigenvalue weighted by Crippen LogP contribution is -2.49. The Morgan fingerprint density at radius 2 is 1.88 bits per heavy atom. The summed E-state index contributed by atoms with van der Waals surface area (Å²) in [5.74, 6) is -1.15. The smallest absolute Gasteiger partial charge is 0.395 e. The van der Waals surface area contributed by atoms with E-state index in [1.807, 2.05) is 0 Å². The van der Waals surface area contributed by atoms with Crippen molar-refractivity contribution in [1.82, 2.24) is 0 Å².